The minimum absolute atomic E-state index is 0.455. The van der Waals surface area contributed by atoms with Crippen molar-refractivity contribution in [1.82, 2.24) is 15.0 Å². The van der Waals surface area contributed by atoms with Crippen molar-refractivity contribution in [2.24, 2.45) is 0 Å². The SMILES string of the molecule is COc1ccc(Cl)c2cc(-c3c[nH]c4ncnc(N)c34)sc12. The predicted octanol–water partition coefficient (Wildman–Crippen LogP) is 4.08. The summed E-state index contributed by atoms with van der Waals surface area (Å²) in [5, 5.41) is 2.48. The average molecular weight is 331 g/mol. The maximum atomic E-state index is 6.30. The molecule has 22 heavy (non-hydrogen) atoms. The first-order valence-corrected chi connectivity index (χ1v) is 7.72. The fourth-order valence-corrected chi connectivity index (χ4v) is 4.01. The van der Waals surface area contributed by atoms with Crippen molar-refractivity contribution in [3.63, 3.8) is 0 Å². The Morgan fingerprint density at radius 2 is 2.18 bits per heavy atom. The lowest BCUT2D eigenvalue weighted by Crippen LogP contribution is -1.91. The highest BCUT2D eigenvalue weighted by molar-refractivity contribution is 7.22. The second-order valence-corrected chi connectivity index (χ2v) is 6.25. The van der Waals surface area contributed by atoms with Crippen molar-refractivity contribution >= 4 is 49.9 Å². The number of H-pyrrole nitrogens is 1. The predicted molar refractivity (Wildman–Crippen MR) is 90.7 cm³/mol. The molecule has 0 atom stereocenters. The molecule has 1 aromatic carbocycles. The monoisotopic (exact) mass is 330 g/mol. The van der Waals surface area contributed by atoms with E-state index in [9.17, 15) is 0 Å². The molecule has 0 radical (unpaired) electrons. The van der Waals surface area contributed by atoms with E-state index in [-0.39, 0.29) is 0 Å². The second-order valence-electron chi connectivity index (χ2n) is 4.79. The van der Waals surface area contributed by atoms with Gasteiger partial charge in [-0.05, 0) is 18.2 Å². The van der Waals surface area contributed by atoms with Crippen LogP contribution in [0, 0.1) is 0 Å². The first-order valence-electron chi connectivity index (χ1n) is 6.53. The van der Waals surface area contributed by atoms with E-state index in [0.717, 1.165) is 37.3 Å². The first kappa shape index (κ1) is 13.4. The third-order valence-electron chi connectivity index (χ3n) is 3.58. The van der Waals surface area contributed by atoms with Gasteiger partial charge in [0.05, 0.1) is 17.2 Å². The normalized spacial score (nSPS) is 11.4. The molecule has 0 fully saturated rings. The molecule has 0 saturated heterocycles. The minimum Gasteiger partial charge on any atom is -0.495 e. The van der Waals surface area contributed by atoms with Crippen molar-refractivity contribution in [2.45, 2.75) is 0 Å². The number of nitrogens with zero attached hydrogens (tertiary/aromatic N) is 2. The lowest BCUT2D eigenvalue weighted by Gasteiger charge is -2.01. The molecule has 7 heteroatoms. The van der Waals surface area contributed by atoms with Gasteiger partial charge >= 0.3 is 0 Å². The molecule has 0 amide bonds. The Kier molecular flexibility index (Phi) is 2.95. The third kappa shape index (κ3) is 1.84. The molecule has 0 aliphatic heterocycles. The van der Waals surface area contributed by atoms with Crippen LogP contribution in [0.2, 0.25) is 5.02 Å². The number of nitrogens with one attached hydrogen (secondary N) is 1. The van der Waals surface area contributed by atoms with Gasteiger partial charge < -0.3 is 15.5 Å². The Morgan fingerprint density at radius 1 is 1.32 bits per heavy atom. The van der Waals surface area contributed by atoms with Crippen LogP contribution in [0.5, 0.6) is 5.75 Å². The number of rotatable bonds is 2. The molecule has 4 rings (SSSR count). The van der Waals surface area contributed by atoms with Gasteiger partial charge in [0.15, 0.2) is 0 Å². The lowest BCUT2D eigenvalue weighted by atomic mass is 10.1. The molecule has 0 aliphatic rings. The van der Waals surface area contributed by atoms with Crippen molar-refractivity contribution < 1.29 is 4.74 Å². The second kappa shape index (κ2) is 4.86. The summed E-state index contributed by atoms with van der Waals surface area (Å²) in [6, 6.07) is 5.75. The zero-order chi connectivity index (χ0) is 15.3. The zero-order valence-electron chi connectivity index (χ0n) is 11.6. The number of nitrogens with two attached hydrogens (primary N) is 1. The standard InChI is InChI=1S/C15H11ClN4OS/c1-21-10-3-2-9(16)7-4-11(22-13(7)10)8-5-18-15-12(8)14(17)19-6-20-15/h2-6H,1H3,(H3,17,18,19,20). The molecule has 3 heterocycles. The molecule has 3 aromatic heterocycles. The van der Waals surface area contributed by atoms with Crippen LogP contribution in [-0.4, -0.2) is 22.1 Å². The van der Waals surface area contributed by atoms with Gasteiger partial charge in [0.25, 0.3) is 0 Å². The minimum atomic E-state index is 0.455. The van der Waals surface area contributed by atoms with Crippen LogP contribution in [0.4, 0.5) is 5.82 Å². The van der Waals surface area contributed by atoms with E-state index in [1.54, 1.807) is 18.4 Å². The number of nitrogen functional groups attached to an aromatic ring is 1. The molecular weight excluding hydrogens is 320 g/mol. The number of aromatic nitrogens is 3. The fraction of sp³-hybridized carbons (Fsp3) is 0.0667. The number of fused-ring (bicyclic) bond motifs is 2. The highest BCUT2D eigenvalue weighted by Crippen LogP contribution is 2.43. The smallest absolute Gasteiger partial charge is 0.143 e. The summed E-state index contributed by atoms with van der Waals surface area (Å²) in [7, 11) is 1.65. The number of hydrogen-bond acceptors (Lipinski definition) is 5. The first-order chi connectivity index (χ1) is 10.7. The average Bonchev–Trinajstić information content (AvgIpc) is 3.12. The van der Waals surface area contributed by atoms with E-state index in [4.69, 9.17) is 22.1 Å². The van der Waals surface area contributed by atoms with E-state index in [0.29, 0.717) is 10.8 Å². The zero-order valence-corrected chi connectivity index (χ0v) is 13.1. The summed E-state index contributed by atoms with van der Waals surface area (Å²) in [6.07, 6.45) is 3.34. The molecule has 0 saturated carbocycles. The topological polar surface area (TPSA) is 76.8 Å². The number of ether oxygens (including phenoxy) is 1. The van der Waals surface area contributed by atoms with Crippen molar-refractivity contribution in [1.29, 1.82) is 0 Å². The molecule has 110 valence electrons. The molecule has 3 N–H and O–H groups in total. The fourth-order valence-electron chi connectivity index (χ4n) is 2.54. The summed E-state index contributed by atoms with van der Waals surface area (Å²) >= 11 is 7.91. The van der Waals surface area contributed by atoms with Crippen molar-refractivity contribution in [2.75, 3.05) is 12.8 Å². The highest BCUT2D eigenvalue weighted by Gasteiger charge is 2.16. The van der Waals surface area contributed by atoms with E-state index in [1.807, 2.05) is 24.4 Å². The number of hydrogen-bond donors (Lipinski definition) is 2. The number of methoxy groups -OCH3 is 1. The van der Waals surface area contributed by atoms with Gasteiger partial charge in [-0.25, -0.2) is 9.97 Å². The molecule has 4 aromatic rings. The summed E-state index contributed by atoms with van der Waals surface area (Å²) < 4.78 is 6.43. The van der Waals surface area contributed by atoms with E-state index >= 15 is 0 Å². The van der Waals surface area contributed by atoms with Crippen molar-refractivity contribution in [3.8, 4) is 16.2 Å². The Morgan fingerprint density at radius 3 is 3.00 bits per heavy atom. The van der Waals surface area contributed by atoms with Crippen LogP contribution in [0.3, 0.4) is 0 Å². The summed E-state index contributed by atoms with van der Waals surface area (Å²) in [5.41, 5.74) is 7.69. The Balaban J connectivity index is 2.03. The van der Waals surface area contributed by atoms with Crippen LogP contribution in [0.25, 0.3) is 31.6 Å². The third-order valence-corrected chi connectivity index (χ3v) is 5.09. The van der Waals surface area contributed by atoms with Gasteiger partial charge in [-0.15, -0.1) is 11.3 Å². The van der Waals surface area contributed by atoms with Crippen LogP contribution < -0.4 is 10.5 Å². The number of aromatic amines is 1. The number of anilines is 1. The van der Waals surface area contributed by atoms with Crippen LogP contribution in [-0.2, 0) is 0 Å². The maximum absolute atomic E-state index is 6.30. The maximum Gasteiger partial charge on any atom is 0.143 e. The molecular formula is C15H11ClN4OS. The lowest BCUT2D eigenvalue weighted by molar-refractivity contribution is 0.420. The molecule has 0 unspecified atom stereocenters. The Labute approximate surface area is 134 Å². The van der Waals surface area contributed by atoms with Crippen LogP contribution >= 0.6 is 22.9 Å². The van der Waals surface area contributed by atoms with Gasteiger partial charge in [-0.3, -0.25) is 0 Å². The van der Waals surface area contributed by atoms with Gasteiger partial charge in [0.2, 0.25) is 0 Å². The van der Waals surface area contributed by atoms with Crippen molar-refractivity contribution in [3.05, 3.63) is 35.7 Å². The van der Waals surface area contributed by atoms with E-state index < -0.39 is 0 Å². The molecule has 0 aliphatic carbocycles. The number of thiophene rings is 1. The summed E-state index contributed by atoms with van der Waals surface area (Å²) in [5.74, 6) is 1.26. The molecule has 0 spiro atoms. The van der Waals surface area contributed by atoms with Gasteiger partial charge in [-0.1, -0.05) is 11.6 Å². The Hall–Kier alpha value is -2.31. The van der Waals surface area contributed by atoms with Crippen LogP contribution in [0.1, 0.15) is 0 Å². The van der Waals surface area contributed by atoms with Crippen LogP contribution in [0.15, 0.2) is 30.7 Å². The van der Waals surface area contributed by atoms with E-state index in [2.05, 4.69) is 15.0 Å². The number of halogens is 1. The summed E-state index contributed by atoms with van der Waals surface area (Å²) in [4.78, 5) is 12.4. The highest BCUT2D eigenvalue weighted by atomic mass is 35.5. The van der Waals surface area contributed by atoms with Gasteiger partial charge in [0.1, 0.15) is 23.5 Å². The summed E-state index contributed by atoms with van der Waals surface area (Å²) in [6.45, 7) is 0. The quantitative estimate of drug-likeness (QED) is 0.580. The largest absolute Gasteiger partial charge is 0.495 e. The van der Waals surface area contributed by atoms with Gasteiger partial charge in [-0.2, -0.15) is 0 Å². The van der Waals surface area contributed by atoms with Gasteiger partial charge in [0, 0.05) is 27.0 Å². The molecule has 5 nitrogen and oxygen atoms in total. The molecule has 0 bridgehead atoms. The Bertz CT molecular complexity index is 1010. The number of benzene rings is 1. The van der Waals surface area contributed by atoms with E-state index in [1.165, 1.54) is 6.33 Å².